The Kier molecular flexibility index (Phi) is 3.83. The molecule has 1 aromatic carbocycles. The second-order valence-electron chi connectivity index (χ2n) is 5.83. The van der Waals surface area contributed by atoms with Crippen molar-refractivity contribution in [2.24, 2.45) is 0 Å². The van der Waals surface area contributed by atoms with Crippen molar-refractivity contribution in [1.29, 1.82) is 0 Å². The molecule has 1 fully saturated rings. The van der Waals surface area contributed by atoms with Gasteiger partial charge in [0.15, 0.2) is 0 Å². The molecule has 0 bridgehead atoms. The summed E-state index contributed by atoms with van der Waals surface area (Å²) in [6, 6.07) is 3.46. The van der Waals surface area contributed by atoms with Crippen LogP contribution in [0.15, 0.2) is 17.0 Å². The van der Waals surface area contributed by atoms with Gasteiger partial charge in [0.05, 0.1) is 10.5 Å². The highest BCUT2D eigenvalue weighted by molar-refractivity contribution is 7.89. The molecule has 20 heavy (non-hydrogen) atoms. The number of hydrogen-bond acceptors (Lipinski definition) is 4. The van der Waals surface area contributed by atoms with Crippen molar-refractivity contribution in [3.8, 4) is 0 Å². The monoisotopic (exact) mass is 298 g/mol. The van der Waals surface area contributed by atoms with Gasteiger partial charge in [0, 0.05) is 18.8 Å². The molecule has 0 spiro atoms. The Bertz CT molecular complexity index is 614. The van der Waals surface area contributed by atoms with Crippen LogP contribution in [-0.2, 0) is 10.0 Å². The average molecular weight is 298 g/mol. The van der Waals surface area contributed by atoms with Crippen LogP contribution < -0.4 is 5.73 Å². The molecule has 0 saturated carbocycles. The first-order valence-corrected chi connectivity index (χ1v) is 8.17. The second-order valence-corrected chi connectivity index (χ2v) is 7.70. The number of aliphatic hydroxyl groups is 1. The molecule has 3 N–H and O–H groups in total. The molecule has 112 valence electrons. The van der Waals surface area contributed by atoms with Crippen LogP contribution in [0, 0.1) is 13.8 Å². The zero-order valence-corrected chi connectivity index (χ0v) is 13.0. The number of rotatable bonds is 2. The van der Waals surface area contributed by atoms with Crippen molar-refractivity contribution in [3.05, 3.63) is 23.3 Å². The number of nitrogen functional groups attached to an aromatic ring is 1. The fourth-order valence-electron chi connectivity index (χ4n) is 2.58. The number of sulfonamides is 1. The fraction of sp³-hybridized carbons (Fsp3) is 0.571. The Morgan fingerprint density at radius 3 is 2.35 bits per heavy atom. The van der Waals surface area contributed by atoms with Crippen LogP contribution in [0.1, 0.15) is 30.9 Å². The van der Waals surface area contributed by atoms with Gasteiger partial charge in [-0.25, -0.2) is 8.42 Å². The van der Waals surface area contributed by atoms with Crippen molar-refractivity contribution >= 4 is 15.7 Å². The lowest BCUT2D eigenvalue weighted by molar-refractivity contribution is 0.0126. The molecule has 0 aromatic heterocycles. The van der Waals surface area contributed by atoms with Gasteiger partial charge in [-0.05, 0) is 50.8 Å². The van der Waals surface area contributed by atoms with E-state index in [2.05, 4.69) is 0 Å². The maximum Gasteiger partial charge on any atom is 0.243 e. The van der Waals surface area contributed by atoms with E-state index in [9.17, 15) is 13.5 Å². The first kappa shape index (κ1) is 15.3. The van der Waals surface area contributed by atoms with Crippen LogP contribution >= 0.6 is 0 Å². The van der Waals surface area contributed by atoms with Gasteiger partial charge in [-0.2, -0.15) is 4.31 Å². The summed E-state index contributed by atoms with van der Waals surface area (Å²) in [4.78, 5) is 0.305. The number of aryl methyl sites for hydroxylation is 1. The SMILES string of the molecule is Cc1ccc(N)c(C)c1S(=O)(=O)N1CCC(C)(O)CC1. The predicted molar refractivity (Wildman–Crippen MR) is 78.9 cm³/mol. The first-order valence-electron chi connectivity index (χ1n) is 6.73. The summed E-state index contributed by atoms with van der Waals surface area (Å²) in [6.07, 6.45) is 0.902. The fourth-order valence-corrected chi connectivity index (χ4v) is 4.48. The van der Waals surface area contributed by atoms with E-state index >= 15 is 0 Å². The van der Waals surface area contributed by atoms with Crippen LogP contribution in [0.5, 0.6) is 0 Å². The third-order valence-corrected chi connectivity index (χ3v) is 6.23. The Morgan fingerprint density at radius 1 is 1.25 bits per heavy atom. The maximum absolute atomic E-state index is 12.8. The second kappa shape index (κ2) is 5.02. The van der Waals surface area contributed by atoms with E-state index < -0.39 is 15.6 Å². The summed E-state index contributed by atoms with van der Waals surface area (Å²) in [5.74, 6) is 0. The molecule has 0 amide bonds. The number of anilines is 1. The number of benzene rings is 1. The highest BCUT2D eigenvalue weighted by atomic mass is 32.2. The van der Waals surface area contributed by atoms with Gasteiger partial charge in [0.2, 0.25) is 10.0 Å². The average Bonchev–Trinajstić information content (AvgIpc) is 2.33. The minimum Gasteiger partial charge on any atom is -0.398 e. The van der Waals surface area contributed by atoms with E-state index in [0.717, 1.165) is 0 Å². The topological polar surface area (TPSA) is 83.6 Å². The van der Waals surface area contributed by atoms with E-state index in [1.807, 2.05) is 0 Å². The smallest absolute Gasteiger partial charge is 0.243 e. The number of piperidine rings is 1. The van der Waals surface area contributed by atoms with E-state index in [1.54, 1.807) is 32.9 Å². The van der Waals surface area contributed by atoms with Crippen molar-refractivity contribution in [3.63, 3.8) is 0 Å². The molecule has 6 heteroatoms. The highest BCUT2D eigenvalue weighted by Gasteiger charge is 2.35. The maximum atomic E-state index is 12.8. The predicted octanol–water partition coefficient (Wildman–Crippen LogP) is 1.42. The molecule has 1 aromatic rings. The van der Waals surface area contributed by atoms with E-state index in [0.29, 0.717) is 47.6 Å². The summed E-state index contributed by atoms with van der Waals surface area (Å²) in [5, 5.41) is 9.94. The van der Waals surface area contributed by atoms with Crippen molar-refractivity contribution in [2.75, 3.05) is 18.8 Å². The van der Waals surface area contributed by atoms with Crippen LogP contribution in [0.4, 0.5) is 5.69 Å². The summed E-state index contributed by atoms with van der Waals surface area (Å²) < 4.78 is 27.0. The lowest BCUT2D eigenvalue weighted by Gasteiger charge is -2.35. The Morgan fingerprint density at radius 2 is 1.80 bits per heavy atom. The van der Waals surface area contributed by atoms with Gasteiger partial charge in [0.25, 0.3) is 0 Å². The van der Waals surface area contributed by atoms with Crippen LogP contribution in [0.3, 0.4) is 0 Å². The molecule has 0 atom stereocenters. The summed E-state index contributed by atoms with van der Waals surface area (Å²) in [7, 11) is -3.55. The summed E-state index contributed by atoms with van der Waals surface area (Å²) >= 11 is 0. The molecule has 1 aliphatic rings. The minimum absolute atomic E-state index is 0.305. The molecule has 0 unspecified atom stereocenters. The molecule has 2 rings (SSSR count). The zero-order valence-electron chi connectivity index (χ0n) is 12.2. The Balaban J connectivity index is 2.40. The summed E-state index contributed by atoms with van der Waals surface area (Å²) in [6.45, 7) is 5.93. The summed E-state index contributed by atoms with van der Waals surface area (Å²) in [5.41, 5.74) is 6.85. The van der Waals surface area contributed by atoms with Crippen molar-refractivity contribution in [1.82, 2.24) is 4.31 Å². The van der Waals surface area contributed by atoms with Gasteiger partial charge >= 0.3 is 0 Å². The molecular weight excluding hydrogens is 276 g/mol. The van der Waals surface area contributed by atoms with Crippen molar-refractivity contribution < 1.29 is 13.5 Å². The number of hydrogen-bond donors (Lipinski definition) is 2. The lowest BCUT2D eigenvalue weighted by Crippen LogP contribution is -2.45. The minimum atomic E-state index is -3.55. The van der Waals surface area contributed by atoms with E-state index in [1.165, 1.54) is 4.31 Å². The van der Waals surface area contributed by atoms with Crippen molar-refractivity contribution in [2.45, 2.75) is 44.1 Å². The highest BCUT2D eigenvalue weighted by Crippen LogP contribution is 2.31. The number of nitrogens with two attached hydrogens (primary N) is 1. The van der Waals surface area contributed by atoms with Crippen LogP contribution in [0.2, 0.25) is 0 Å². The van der Waals surface area contributed by atoms with E-state index in [-0.39, 0.29) is 0 Å². The molecule has 0 radical (unpaired) electrons. The van der Waals surface area contributed by atoms with Crippen LogP contribution in [0.25, 0.3) is 0 Å². The lowest BCUT2D eigenvalue weighted by atomic mass is 9.95. The molecular formula is C14H22N2O3S. The standard InChI is InChI=1S/C14H22N2O3S/c1-10-4-5-12(15)11(2)13(10)20(18,19)16-8-6-14(3,17)7-9-16/h4-5,17H,6-9,15H2,1-3H3. The zero-order chi connectivity index (χ0) is 15.1. The number of nitrogens with zero attached hydrogens (tertiary/aromatic N) is 1. The Labute approximate surface area is 120 Å². The van der Waals surface area contributed by atoms with Crippen LogP contribution in [-0.4, -0.2) is 36.5 Å². The van der Waals surface area contributed by atoms with Gasteiger partial charge in [0.1, 0.15) is 0 Å². The van der Waals surface area contributed by atoms with E-state index in [4.69, 9.17) is 5.73 Å². The molecule has 5 nitrogen and oxygen atoms in total. The third-order valence-electron chi connectivity index (χ3n) is 4.04. The van der Waals surface area contributed by atoms with Gasteiger partial charge in [-0.15, -0.1) is 0 Å². The molecule has 1 saturated heterocycles. The normalized spacial score (nSPS) is 20.0. The van der Waals surface area contributed by atoms with Gasteiger partial charge in [-0.1, -0.05) is 6.07 Å². The van der Waals surface area contributed by atoms with Gasteiger partial charge < -0.3 is 10.8 Å². The van der Waals surface area contributed by atoms with Gasteiger partial charge in [-0.3, -0.25) is 0 Å². The quantitative estimate of drug-likeness (QED) is 0.809. The molecule has 1 aliphatic heterocycles. The Hall–Kier alpha value is -1.11. The first-order chi connectivity index (χ1) is 9.15. The largest absolute Gasteiger partial charge is 0.398 e. The third kappa shape index (κ3) is 2.68. The molecule has 0 aliphatic carbocycles. The molecule has 1 heterocycles.